The van der Waals surface area contributed by atoms with Crippen LogP contribution in [-0.4, -0.2) is 36.4 Å². The van der Waals surface area contributed by atoms with Crippen LogP contribution in [0, 0.1) is 0 Å². The van der Waals surface area contributed by atoms with Crippen LogP contribution >= 0.6 is 0 Å². The van der Waals surface area contributed by atoms with Crippen molar-refractivity contribution in [3.05, 3.63) is 17.8 Å². The summed E-state index contributed by atoms with van der Waals surface area (Å²) in [4.78, 5) is 14.4. The Morgan fingerprint density at radius 2 is 1.83 bits per heavy atom. The maximum Gasteiger partial charge on any atom is 0.512 e. The van der Waals surface area contributed by atoms with Gasteiger partial charge in [-0.2, -0.15) is 0 Å². The summed E-state index contributed by atoms with van der Waals surface area (Å²) in [6.07, 6.45) is 1.59. The van der Waals surface area contributed by atoms with E-state index in [0.29, 0.717) is 11.2 Å². The maximum atomic E-state index is 11.4. The Morgan fingerprint density at radius 1 is 1.28 bits per heavy atom. The second kappa shape index (κ2) is 4.14. The highest BCUT2D eigenvalue weighted by Gasteiger charge is 2.52. The lowest BCUT2D eigenvalue weighted by atomic mass is 9.85. The largest absolute Gasteiger partial charge is 0.512 e. The Hall–Kier alpha value is -1.27. The molecule has 1 aliphatic heterocycles. The average molecular weight is 251 g/mol. The first-order valence-corrected chi connectivity index (χ1v) is 5.89. The van der Waals surface area contributed by atoms with Crippen LogP contribution in [-0.2, 0) is 14.0 Å². The van der Waals surface area contributed by atoms with Crippen LogP contribution in [0.2, 0.25) is 0 Å². The Balaban J connectivity index is 2.20. The number of hydrogen-bond acceptors (Lipinski definition) is 4. The minimum atomic E-state index is -0.492. The maximum absolute atomic E-state index is 11.4. The fourth-order valence-electron chi connectivity index (χ4n) is 1.75. The van der Waals surface area contributed by atoms with Gasteiger partial charge >= 0.3 is 13.1 Å². The molecule has 2 heterocycles. The van der Waals surface area contributed by atoms with Crippen LogP contribution in [0.25, 0.3) is 0 Å². The number of aromatic amines is 1. The van der Waals surface area contributed by atoms with Crippen LogP contribution in [0.5, 0.6) is 0 Å². The molecule has 0 amide bonds. The zero-order valence-electron chi connectivity index (χ0n) is 11.4. The molecule has 0 aromatic carbocycles. The van der Waals surface area contributed by atoms with Crippen molar-refractivity contribution < 1.29 is 18.8 Å². The van der Waals surface area contributed by atoms with E-state index in [1.807, 2.05) is 27.7 Å². The van der Waals surface area contributed by atoms with E-state index in [1.165, 1.54) is 7.11 Å². The van der Waals surface area contributed by atoms with Crippen LogP contribution in [0.1, 0.15) is 38.1 Å². The van der Waals surface area contributed by atoms with Gasteiger partial charge in [0.05, 0.1) is 23.9 Å². The van der Waals surface area contributed by atoms with Gasteiger partial charge in [0.15, 0.2) is 0 Å². The minimum Gasteiger partial charge on any atom is -0.465 e. The van der Waals surface area contributed by atoms with E-state index in [4.69, 9.17) is 9.31 Å². The molecular weight excluding hydrogens is 233 g/mol. The highest BCUT2D eigenvalue weighted by Crippen LogP contribution is 2.36. The van der Waals surface area contributed by atoms with Crippen molar-refractivity contribution in [2.75, 3.05) is 7.11 Å². The normalized spacial score (nSPS) is 21.1. The number of aromatic nitrogens is 1. The van der Waals surface area contributed by atoms with Crippen molar-refractivity contribution in [2.24, 2.45) is 0 Å². The second-order valence-electron chi connectivity index (χ2n) is 5.42. The topological polar surface area (TPSA) is 60.6 Å². The highest BCUT2D eigenvalue weighted by atomic mass is 16.7. The van der Waals surface area contributed by atoms with Crippen LogP contribution in [0.3, 0.4) is 0 Å². The number of hydrogen-bond donors (Lipinski definition) is 1. The molecule has 1 fully saturated rings. The van der Waals surface area contributed by atoms with E-state index in [-0.39, 0.29) is 5.97 Å². The van der Waals surface area contributed by atoms with Crippen LogP contribution in [0.15, 0.2) is 12.3 Å². The van der Waals surface area contributed by atoms with E-state index < -0.39 is 18.3 Å². The first-order valence-electron chi connectivity index (χ1n) is 5.89. The number of carbonyl (C=O) groups is 1. The van der Waals surface area contributed by atoms with Crippen molar-refractivity contribution in [3.8, 4) is 0 Å². The summed E-state index contributed by atoms with van der Waals surface area (Å²) in [5.41, 5.74) is 0.388. The minimum absolute atomic E-state index is 0.381. The Bertz CT molecular complexity index is 450. The molecule has 0 radical (unpaired) electrons. The molecule has 1 aliphatic rings. The number of H-pyrrole nitrogens is 1. The fourth-order valence-corrected chi connectivity index (χ4v) is 1.75. The van der Waals surface area contributed by atoms with Crippen molar-refractivity contribution in [1.82, 2.24) is 4.98 Å². The molecule has 0 unspecified atom stereocenters. The summed E-state index contributed by atoms with van der Waals surface area (Å²) in [5.74, 6) is -0.381. The van der Waals surface area contributed by atoms with Gasteiger partial charge in [0.2, 0.25) is 0 Å². The van der Waals surface area contributed by atoms with Gasteiger partial charge in [-0.1, -0.05) is 0 Å². The molecule has 0 aliphatic carbocycles. The number of methoxy groups -OCH3 is 1. The van der Waals surface area contributed by atoms with Gasteiger partial charge in [-0.3, -0.25) is 0 Å². The van der Waals surface area contributed by atoms with E-state index in [2.05, 4.69) is 9.72 Å². The van der Waals surface area contributed by atoms with Gasteiger partial charge in [-0.25, -0.2) is 4.79 Å². The summed E-state index contributed by atoms with van der Waals surface area (Å²) in [6, 6.07) is 1.69. The Kier molecular flexibility index (Phi) is 3.03. The lowest BCUT2D eigenvalue weighted by Gasteiger charge is -2.32. The molecular formula is C12H18BNO4. The first kappa shape index (κ1) is 13.2. The van der Waals surface area contributed by atoms with Crippen molar-refractivity contribution >= 4 is 18.7 Å². The van der Waals surface area contributed by atoms with E-state index in [9.17, 15) is 4.79 Å². The average Bonchev–Trinajstić information content (AvgIpc) is 2.82. The summed E-state index contributed by atoms with van der Waals surface area (Å²) in [7, 11) is 0.859. The Morgan fingerprint density at radius 3 is 2.33 bits per heavy atom. The van der Waals surface area contributed by atoms with Crippen LogP contribution in [0.4, 0.5) is 0 Å². The number of ether oxygens (including phenoxy) is 1. The molecule has 2 rings (SSSR count). The molecule has 18 heavy (non-hydrogen) atoms. The molecule has 0 spiro atoms. The number of esters is 1. The highest BCUT2D eigenvalue weighted by molar-refractivity contribution is 6.61. The molecule has 98 valence electrons. The third-order valence-electron chi connectivity index (χ3n) is 3.63. The predicted molar refractivity (Wildman–Crippen MR) is 67.8 cm³/mol. The lowest BCUT2D eigenvalue weighted by Crippen LogP contribution is -2.41. The summed E-state index contributed by atoms with van der Waals surface area (Å²) < 4.78 is 16.4. The lowest BCUT2D eigenvalue weighted by molar-refractivity contribution is 0.00578. The summed E-state index contributed by atoms with van der Waals surface area (Å²) >= 11 is 0. The van der Waals surface area contributed by atoms with Gasteiger partial charge < -0.3 is 19.0 Å². The molecule has 1 saturated heterocycles. The zero-order valence-corrected chi connectivity index (χ0v) is 11.4. The van der Waals surface area contributed by atoms with Gasteiger partial charge in [-0.15, -0.1) is 0 Å². The third-order valence-corrected chi connectivity index (χ3v) is 3.63. The van der Waals surface area contributed by atoms with Gasteiger partial charge in [0.1, 0.15) is 0 Å². The van der Waals surface area contributed by atoms with Crippen molar-refractivity contribution in [3.63, 3.8) is 0 Å². The standard InChI is InChI=1S/C12H18BNO4/c1-11(2)12(3,4)18-13(17-11)9-6-8(7-14-9)10(15)16-5/h6-7,14H,1-5H3. The van der Waals surface area contributed by atoms with Gasteiger partial charge in [-0.05, 0) is 33.8 Å². The number of carbonyl (C=O) groups excluding carboxylic acids is 1. The van der Waals surface area contributed by atoms with E-state index in [1.54, 1.807) is 12.3 Å². The van der Waals surface area contributed by atoms with Crippen molar-refractivity contribution in [1.29, 1.82) is 0 Å². The molecule has 0 atom stereocenters. The molecule has 0 bridgehead atoms. The molecule has 1 aromatic heterocycles. The predicted octanol–water partition coefficient (Wildman–Crippen LogP) is 1.10. The molecule has 5 nitrogen and oxygen atoms in total. The SMILES string of the molecule is COC(=O)c1c[nH]c(B2OC(C)(C)C(C)(C)O2)c1. The first-order chi connectivity index (χ1) is 8.27. The van der Waals surface area contributed by atoms with Gasteiger partial charge in [0.25, 0.3) is 0 Å². The molecule has 1 aromatic rings. The summed E-state index contributed by atoms with van der Waals surface area (Å²) in [5, 5.41) is 0. The van der Waals surface area contributed by atoms with E-state index in [0.717, 1.165) is 0 Å². The van der Waals surface area contributed by atoms with Crippen molar-refractivity contribution in [2.45, 2.75) is 38.9 Å². The monoisotopic (exact) mass is 251 g/mol. The van der Waals surface area contributed by atoms with E-state index >= 15 is 0 Å². The second-order valence-corrected chi connectivity index (χ2v) is 5.42. The smallest absolute Gasteiger partial charge is 0.465 e. The molecule has 1 N–H and O–H groups in total. The number of nitrogens with one attached hydrogen (secondary N) is 1. The summed E-state index contributed by atoms with van der Waals surface area (Å²) in [6.45, 7) is 7.93. The zero-order chi connectivity index (χ0) is 13.6. The molecule has 6 heteroatoms. The quantitative estimate of drug-likeness (QED) is 0.631. The Labute approximate surface area is 107 Å². The van der Waals surface area contributed by atoms with Gasteiger partial charge in [0, 0.05) is 11.8 Å². The van der Waals surface area contributed by atoms with Crippen LogP contribution < -0.4 is 5.59 Å². The fraction of sp³-hybridized carbons (Fsp3) is 0.583. The molecule has 0 saturated carbocycles. The third kappa shape index (κ3) is 2.06. The number of rotatable bonds is 2.